The molecule has 2 heterocycles. The summed E-state index contributed by atoms with van der Waals surface area (Å²) >= 11 is 0. The molecule has 0 saturated heterocycles. The molecular weight excluding hydrogens is 296 g/mol. The Morgan fingerprint density at radius 3 is 2.33 bits per heavy atom. The SMILES string of the molecule is OCc1ccc(-c2nc3ncccc3cc2-c2ccccc2)cc1. The van der Waals surface area contributed by atoms with Gasteiger partial charge in [-0.15, -0.1) is 0 Å². The number of aliphatic hydroxyl groups is 1. The van der Waals surface area contributed by atoms with Crippen LogP contribution in [-0.4, -0.2) is 15.1 Å². The molecule has 3 nitrogen and oxygen atoms in total. The van der Waals surface area contributed by atoms with Crippen molar-refractivity contribution in [3.05, 3.63) is 84.6 Å². The van der Waals surface area contributed by atoms with Crippen LogP contribution in [0.4, 0.5) is 0 Å². The summed E-state index contributed by atoms with van der Waals surface area (Å²) in [5, 5.41) is 10.3. The van der Waals surface area contributed by atoms with Gasteiger partial charge in [0.1, 0.15) is 0 Å². The topological polar surface area (TPSA) is 46.0 Å². The zero-order valence-electron chi connectivity index (χ0n) is 13.1. The summed E-state index contributed by atoms with van der Waals surface area (Å²) in [7, 11) is 0. The van der Waals surface area contributed by atoms with Crippen LogP contribution in [0.25, 0.3) is 33.4 Å². The molecule has 0 unspecified atom stereocenters. The standard InChI is InChI=1S/C21H16N2O/c24-14-15-8-10-17(11-9-15)20-19(16-5-2-1-3-6-16)13-18-7-4-12-22-21(18)23-20/h1-13,24H,14H2. The summed E-state index contributed by atoms with van der Waals surface area (Å²) in [6, 6.07) is 24.2. The summed E-state index contributed by atoms with van der Waals surface area (Å²) in [5.41, 5.74) is 5.73. The number of hydrogen-bond donors (Lipinski definition) is 1. The van der Waals surface area contributed by atoms with E-state index in [1.54, 1.807) is 6.20 Å². The number of aromatic nitrogens is 2. The summed E-state index contributed by atoms with van der Waals surface area (Å²) < 4.78 is 0. The summed E-state index contributed by atoms with van der Waals surface area (Å²) in [6.07, 6.45) is 1.76. The number of pyridine rings is 2. The fourth-order valence-electron chi connectivity index (χ4n) is 2.83. The van der Waals surface area contributed by atoms with Gasteiger partial charge in [-0.3, -0.25) is 0 Å². The van der Waals surface area contributed by atoms with Crippen molar-refractivity contribution in [3.8, 4) is 22.4 Å². The third-order valence-corrected chi connectivity index (χ3v) is 4.08. The minimum absolute atomic E-state index is 0.0402. The maximum Gasteiger partial charge on any atom is 0.159 e. The lowest BCUT2D eigenvalue weighted by Gasteiger charge is -2.11. The molecule has 0 atom stereocenters. The van der Waals surface area contributed by atoms with Gasteiger partial charge >= 0.3 is 0 Å². The molecule has 0 aliphatic carbocycles. The van der Waals surface area contributed by atoms with Crippen molar-refractivity contribution in [3.63, 3.8) is 0 Å². The van der Waals surface area contributed by atoms with Crippen molar-refractivity contribution < 1.29 is 5.11 Å². The van der Waals surface area contributed by atoms with E-state index < -0.39 is 0 Å². The van der Waals surface area contributed by atoms with Crippen molar-refractivity contribution >= 4 is 11.0 Å². The average Bonchev–Trinajstić information content (AvgIpc) is 2.68. The molecule has 1 N–H and O–H groups in total. The minimum atomic E-state index is 0.0402. The molecule has 0 fully saturated rings. The van der Waals surface area contributed by atoms with Crippen LogP contribution in [0, 0.1) is 0 Å². The fraction of sp³-hybridized carbons (Fsp3) is 0.0476. The predicted octanol–water partition coefficient (Wildman–Crippen LogP) is 4.46. The van der Waals surface area contributed by atoms with Crippen molar-refractivity contribution in [1.82, 2.24) is 9.97 Å². The van der Waals surface area contributed by atoms with E-state index >= 15 is 0 Å². The molecule has 24 heavy (non-hydrogen) atoms. The van der Waals surface area contributed by atoms with Crippen LogP contribution >= 0.6 is 0 Å². The van der Waals surface area contributed by atoms with E-state index in [0.717, 1.165) is 39.0 Å². The van der Waals surface area contributed by atoms with Gasteiger partial charge in [0.05, 0.1) is 12.3 Å². The molecule has 116 valence electrons. The Hall–Kier alpha value is -3.04. The average molecular weight is 312 g/mol. The van der Waals surface area contributed by atoms with Crippen LogP contribution in [0.15, 0.2) is 79.0 Å². The van der Waals surface area contributed by atoms with E-state index in [4.69, 9.17) is 4.98 Å². The Kier molecular flexibility index (Phi) is 3.77. The van der Waals surface area contributed by atoms with Gasteiger partial charge in [-0.1, -0.05) is 54.6 Å². The van der Waals surface area contributed by atoms with Gasteiger partial charge in [0.2, 0.25) is 0 Å². The van der Waals surface area contributed by atoms with Crippen LogP contribution in [-0.2, 0) is 6.61 Å². The maximum absolute atomic E-state index is 9.25. The highest BCUT2D eigenvalue weighted by atomic mass is 16.3. The molecule has 3 heteroatoms. The molecule has 4 aromatic rings. The summed E-state index contributed by atoms with van der Waals surface area (Å²) in [6.45, 7) is 0.0402. The first-order valence-corrected chi connectivity index (χ1v) is 7.86. The van der Waals surface area contributed by atoms with E-state index in [0.29, 0.717) is 0 Å². The van der Waals surface area contributed by atoms with Crippen LogP contribution in [0.3, 0.4) is 0 Å². The van der Waals surface area contributed by atoms with E-state index in [2.05, 4.69) is 23.2 Å². The van der Waals surface area contributed by atoms with E-state index in [9.17, 15) is 5.11 Å². The van der Waals surface area contributed by atoms with Crippen molar-refractivity contribution in [2.24, 2.45) is 0 Å². The normalized spacial score (nSPS) is 10.9. The Morgan fingerprint density at radius 1 is 0.792 bits per heavy atom. The molecule has 2 aromatic carbocycles. The molecule has 0 spiro atoms. The molecule has 0 aliphatic rings. The van der Waals surface area contributed by atoms with Gasteiger partial charge < -0.3 is 5.11 Å². The highest BCUT2D eigenvalue weighted by molar-refractivity contribution is 5.90. The number of hydrogen-bond acceptors (Lipinski definition) is 3. The smallest absolute Gasteiger partial charge is 0.159 e. The van der Waals surface area contributed by atoms with Crippen LogP contribution < -0.4 is 0 Å². The second-order valence-corrected chi connectivity index (χ2v) is 5.66. The fourth-order valence-corrected chi connectivity index (χ4v) is 2.83. The predicted molar refractivity (Wildman–Crippen MR) is 96.3 cm³/mol. The Morgan fingerprint density at radius 2 is 1.58 bits per heavy atom. The quantitative estimate of drug-likeness (QED) is 0.607. The molecule has 0 amide bonds. The lowest BCUT2D eigenvalue weighted by Crippen LogP contribution is -1.93. The molecule has 0 saturated carbocycles. The second kappa shape index (κ2) is 6.22. The van der Waals surface area contributed by atoms with Crippen LogP contribution in [0.1, 0.15) is 5.56 Å². The largest absolute Gasteiger partial charge is 0.392 e. The first-order valence-electron chi connectivity index (χ1n) is 7.86. The summed E-state index contributed by atoms with van der Waals surface area (Å²) in [5.74, 6) is 0. The molecule has 4 rings (SSSR count). The number of aliphatic hydroxyl groups excluding tert-OH is 1. The Labute approximate surface area is 140 Å². The second-order valence-electron chi connectivity index (χ2n) is 5.66. The van der Waals surface area contributed by atoms with Crippen molar-refractivity contribution in [2.75, 3.05) is 0 Å². The van der Waals surface area contributed by atoms with Crippen molar-refractivity contribution in [1.29, 1.82) is 0 Å². The highest BCUT2D eigenvalue weighted by Crippen LogP contribution is 2.32. The first kappa shape index (κ1) is 14.5. The number of rotatable bonds is 3. The van der Waals surface area contributed by atoms with Crippen molar-refractivity contribution in [2.45, 2.75) is 6.61 Å². The number of fused-ring (bicyclic) bond motifs is 1. The van der Waals surface area contributed by atoms with Gasteiger partial charge in [-0.05, 0) is 29.3 Å². The number of nitrogens with zero attached hydrogens (tertiary/aromatic N) is 2. The monoisotopic (exact) mass is 312 g/mol. The van der Waals surface area contributed by atoms with Crippen LogP contribution in [0.2, 0.25) is 0 Å². The molecule has 0 bridgehead atoms. The first-order chi connectivity index (χ1) is 11.8. The maximum atomic E-state index is 9.25. The van der Waals surface area contributed by atoms with E-state index in [1.165, 1.54) is 0 Å². The molecule has 2 aromatic heterocycles. The van der Waals surface area contributed by atoms with Crippen LogP contribution in [0.5, 0.6) is 0 Å². The van der Waals surface area contributed by atoms with E-state index in [1.807, 2.05) is 54.6 Å². The van der Waals surface area contributed by atoms with E-state index in [-0.39, 0.29) is 6.61 Å². The molecule has 0 radical (unpaired) electrons. The zero-order valence-corrected chi connectivity index (χ0v) is 13.1. The number of benzene rings is 2. The van der Waals surface area contributed by atoms with Gasteiger partial charge in [0.15, 0.2) is 5.65 Å². The molecular formula is C21H16N2O. The zero-order chi connectivity index (χ0) is 16.4. The van der Waals surface area contributed by atoms with Gasteiger partial charge in [0, 0.05) is 22.7 Å². The third kappa shape index (κ3) is 2.66. The highest BCUT2D eigenvalue weighted by Gasteiger charge is 2.11. The van der Waals surface area contributed by atoms with Gasteiger partial charge in [-0.25, -0.2) is 9.97 Å². The van der Waals surface area contributed by atoms with Gasteiger partial charge in [0.25, 0.3) is 0 Å². The molecule has 0 aliphatic heterocycles. The third-order valence-electron chi connectivity index (χ3n) is 4.08. The Bertz CT molecular complexity index is 980. The summed E-state index contributed by atoms with van der Waals surface area (Å²) in [4.78, 5) is 9.19. The van der Waals surface area contributed by atoms with Gasteiger partial charge in [-0.2, -0.15) is 0 Å². The minimum Gasteiger partial charge on any atom is -0.392 e. The lowest BCUT2D eigenvalue weighted by molar-refractivity contribution is 0.282. The lowest BCUT2D eigenvalue weighted by atomic mass is 9.97. The Balaban J connectivity index is 1.97.